The van der Waals surface area contributed by atoms with Crippen molar-refractivity contribution in [1.82, 2.24) is 4.98 Å². The first-order chi connectivity index (χ1) is 11.7. The molecule has 0 spiro atoms. The summed E-state index contributed by atoms with van der Waals surface area (Å²) in [7, 11) is 0. The van der Waals surface area contributed by atoms with Crippen LogP contribution in [0.5, 0.6) is 0 Å². The van der Waals surface area contributed by atoms with Crippen LogP contribution in [0, 0.1) is 5.92 Å². The second kappa shape index (κ2) is 7.52. The van der Waals surface area contributed by atoms with Gasteiger partial charge in [-0.05, 0) is 36.1 Å². The number of ketones is 2. The molecule has 0 amide bonds. The van der Waals surface area contributed by atoms with Crippen LogP contribution in [0.15, 0.2) is 48.7 Å². The second-order valence-electron chi connectivity index (χ2n) is 6.54. The molecule has 0 saturated heterocycles. The predicted octanol–water partition coefficient (Wildman–Crippen LogP) is 4.37. The van der Waals surface area contributed by atoms with E-state index in [9.17, 15) is 9.59 Å². The van der Waals surface area contributed by atoms with Gasteiger partial charge in [0.2, 0.25) is 0 Å². The van der Waals surface area contributed by atoms with E-state index in [1.165, 1.54) is 5.56 Å². The summed E-state index contributed by atoms with van der Waals surface area (Å²) in [5.41, 5.74) is 2.84. The third-order valence-electron chi connectivity index (χ3n) is 4.87. The first-order valence-electron chi connectivity index (χ1n) is 8.76. The fourth-order valence-electron chi connectivity index (χ4n) is 3.60. The van der Waals surface area contributed by atoms with Gasteiger partial charge in [-0.3, -0.25) is 14.6 Å². The number of carbonyl (C=O) groups excluding carboxylic acids is 2. The first-order valence-corrected chi connectivity index (χ1v) is 8.76. The fourth-order valence-corrected chi connectivity index (χ4v) is 3.60. The summed E-state index contributed by atoms with van der Waals surface area (Å²) in [6, 6.07) is 13.5. The maximum absolute atomic E-state index is 13.0. The largest absolute Gasteiger partial charge is 0.299 e. The zero-order valence-electron chi connectivity index (χ0n) is 14.1. The molecular formula is C21H23NO2. The molecule has 2 aromatic rings. The Morgan fingerprint density at radius 3 is 2.71 bits per heavy atom. The van der Waals surface area contributed by atoms with E-state index in [4.69, 9.17) is 0 Å². The van der Waals surface area contributed by atoms with Gasteiger partial charge in [0.1, 0.15) is 11.5 Å². The smallest absolute Gasteiger partial charge is 0.181 e. The van der Waals surface area contributed by atoms with Crippen molar-refractivity contribution in [2.45, 2.75) is 44.9 Å². The summed E-state index contributed by atoms with van der Waals surface area (Å²) in [6.07, 6.45) is 5.52. The minimum absolute atomic E-state index is 0.0393. The standard InChI is InChI=1S/C21H23NO2/c1-2-3-9-18-17-10-5-4-8-15(17)13-16(21(18)24)14-20(23)19-11-6-7-12-22-19/h4-8,10-12,16,18H,2-3,9,13-14H2,1H3. The number of nitrogens with zero attached hydrogens (tertiary/aromatic N) is 1. The summed E-state index contributed by atoms with van der Waals surface area (Å²) >= 11 is 0. The Morgan fingerprint density at radius 2 is 1.96 bits per heavy atom. The van der Waals surface area contributed by atoms with Gasteiger partial charge in [0.25, 0.3) is 0 Å². The van der Waals surface area contributed by atoms with Crippen LogP contribution in [0.2, 0.25) is 0 Å². The molecule has 1 heterocycles. The van der Waals surface area contributed by atoms with Gasteiger partial charge in [0.15, 0.2) is 5.78 Å². The molecule has 24 heavy (non-hydrogen) atoms. The van der Waals surface area contributed by atoms with Gasteiger partial charge >= 0.3 is 0 Å². The molecular weight excluding hydrogens is 298 g/mol. The average molecular weight is 321 g/mol. The molecule has 3 nitrogen and oxygen atoms in total. The number of aromatic nitrogens is 1. The van der Waals surface area contributed by atoms with Crippen LogP contribution in [0.3, 0.4) is 0 Å². The molecule has 0 fully saturated rings. The maximum Gasteiger partial charge on any atom is 0.181 e. The zero-order valence-corrected chi connectivity index (χ0v) is 14.1. The van der Waals surface area contributed by atoms with E-state index >= 15 is 0 Å². The first kappa shape index (κ1) is 16.6. The zero-order chi connectivity index (χ0) is 16.9. The average Bonchev–Trinajstić information content (AvgIpc) is 2.62. The van der Waals surface area contributed by atoms with E-state index in [1.807, 2.05) is 18.2 Å². The predicted molar refractivity (Wildman–Crippen MR) is 94.1 cm³/mol. The van der Waals surface area contributed by atoms with Crippen LogP contribution >= 0.6 is 0 Å². The summed E-state index contributed by atoms with van der Waals surface area (Å²) in [5, 5.41) is 0. The maximum atomic E-state index is 13.0. The van der Waals surface area contributed by atoms with Gasteiger partial charge < -0.3 is 0 Å². The van der Waals surface area contributed by atoms with Crippen molar-refractivity contribution in [3.8, 4) is 0 Å². The summed E-state index contributed by atoms with van der Waals surface area (Å²) < 4.78 is 0. The van der Waals surface area contributed by atoms with E-state index in [0.717, 1.165) is 24.8 Å². The highest BCUT2D eigenvalue weighted by atomic mass is 16.1. The lowest BCUT2D eigenvalue weighted by atomic mass is 9.72. The second-order valence-corrected chi connectivity index (χ2v) is 6.54. The van der Waals surface area contributed by atoms with Gasteiger partial charge in [0, 0.05) is 24.5 Å². The fraction of sp³-hybridized carbons (Fsp3) is 0.381. The van der Waals surface area contributed by atoms with Gasteiger partial charge in [-0.25, -0.2) is 0 Å². The molecule has 0 N–H and O–H groups in total. The van der Waals surface area contributed by atoms with Gasteiger partial charge in [-0.2, -0.15) is 0 Å². The number of rotatable bonds is 6. The highest BCUT2D eigenvalue weighted by Gasteiger charge is 2.35. The quantitative estimate of drug-likeness (QED) is 0.742. The molecule has 0 bridgehead atoms. The number of hydrogen-bond donors (Lipinski definition) is 0. The molecule has 1 aliphatic rings. The molecule has 1 aromatic carbocycles. The van der Waals surface area contributed by atoms with Crippen molar-refractivity contribution in [2.75, 3.05) is 0 Å². The SMILES string of the molecule is CCCCC1C(=O)C(CC(=O)c2ccccn2)Cc2ccccc21. The normalized spacial score (nSPS) is 19.8. The van der Waals surface area contributed by atoms with E-state index in [-0.39, 0.29) is 29.8 Å². The van der Waals surface area contributed by atoms with Crippen LogP contribution in [-0.2, 0) is 11.2 Å². The molecule has 124 valence electrons. The summed E-state index contributed by atoms with van der Waals surface area (Å²) in [4.78, 5) is 29.6. The molecule has 0 radical (unpaired) electrons. The Labute approximate surface area is 143 Å². The molecule has 3 rings (SSSR count). The van der Waals surface area contributed by atoms with Crippen molar-refractivity contribution in [3.63, 3.8) is 0 Å². The van der Waals surface area contributed by atoms with Crippen LogP contribution in [0.25, 0.3) is 0 Å². The summed E-state index contributed by atoms with van der Waals surface area (Å²) in [5.74, 6) is -0.0956. The molecule has 1 aliphatic carbocycles. The highest BCUT2D eigenvalue weighted by molar-refractivity contribution is 5.99. The molecule has 2 atom stereocenters. The monoisotopic (exact) mass is 321 g/mol. The third-order valence-corrected chi connectivity index (χ3v) is 4.87. The number of carbonyl (C=O) groups is 2. The Hall–Kier alpha value is -2.29. The van der Waals surface area contributed by atoms with E-state index < -0.39 is 0 Å². The Balaban J connectivity index is 1.82. The molecule has 1 aromatic heterocycles. The van der Waals surface area contributed by atoms with E-state index in [0.29, 0.717) is 12.1 Å². The summed E-state index contributed by atoms with van der Waals surface area (Å²) in [6.45, 7) is 2.14. The van der Waals surface area contributed by atoms with Crippen molar-refractivity contribution >= 4 is 11.6 Å². The molecule has 3 heteroatoms. The lowest BCUT2D eigenvalue weighted by Crippen LogP contribution is -2.31. The Kier molecular flexibility index (Phi) is 5.19. The van der Waals surface area contributed by atoms with Crippen LogP contribution in [0.4, 0.5) is 0 Å². The lowest BCUT2D eigenvalue weighted by Gasteiger charge is -2.30. The topological polar surface area (TPSA) is 47.0 Å². The number of benzene rings is 1. The Bertz CT molecular complexity index is 724. The minimum Gasteiger partial charge on any atom is -0.299 e. The van der Waals surface area contributed by atoms with Crippen LogP contribution in [0.1, 0.15) is 60.1 Å². The number of fused-ring (bicyclic) bond motifs is 1. The van der Waals surface area contributed by atoms with Gasteiger partial charge in [-0.15, -0.1) is 0 Å². The molecule has 0 saturated carbocycles. The van der Waals surface area contributed by atoms with Crippen LogP contribution < -0.4 is 0 Å². The van der Waals surface area contributed by atoms with Crippen LogP contribution in [-0.4, -0.2) is 16.6 Å². The molecule has 2 unspecified atom stereocenters. The highest BCUT2D eigenvalue weighted by Crippen LogP contribution is 2.36. The minimum atomic E-state index is -0.226. The van der Waals surface area contributed by atoms with Crippen molar-refractivity contribution in [2.24, 2.45) is 5.92 Å². The number of pyridine rings is 1. The number of hydrogen-bond acceptors (Lipinski definition) is 3. The molecule has 0 aliphatic heterocycles. The Morgan fingerprint density at radius 1 is 1.17 bits per heavy atom. The van der Waals surface area contributed by atoms with Crippen molar-refractivity contribution in [3.05, 3.63) is 65.5 Å². The van der Waals surface area contributed by atoms with Crippen molar-refractivity contribution < 1.29 is 9.59 Å². The van der Waals surface area contributed by atoms with Crippen molar-refractivity contribution in [1.29, 1.82) is 0 Å². The van der Waals surface area contributed by atoms with Gasteiger partial charge in [0.05, 0.1) is 0 Å². The van der Waals surface area contributed by atoms with E-state index in [1.54, 1.807) is 18.3 Å². The third kappa shape index (κ3) is 3.45. The number of unbranched alkanes of at least 4 members (excludes halogenated alkanes) is 1. The van der Waals surface area contributed by atoms with E-state index in [2.05, 4.69) is 24.0 Å². The number of Topliss-reactive ketones (excluding diaryl/α,β-unsaturated/α-hetero) is 2. The van der Waals surface area contributed by atoms with Gasteiger partial charge in [-0.1, -0.05) is 50.1 Å². The lowest BCUT2D eigenvalue weighted by molar-refractivity contribution is -0.125.